The third kappa shape index (κ3) is 3.19. The van der Waals surface area contributed by atoms with Crippen molar-refractivity contribution in [2.24, 2.45) is 0 Å². The summed E-state index contributed by atoms with van der Waals surface area (Å²) in [7, 11) is 1.50. The number of urea groups is 1. The van der Waals surface area contributed by atoms with Gasteiger partial charge in [0.25, 0.3) is 0 Å². The first-order valence-electron chi connectivity index (χ1n) is 6.46. The number of aliphatic hydroxyl groups excluding tert-OH is 1. The quantitative estimate of drug-likeness (QED) is 0.857. The number of β-amino-alcohol motifs (C(OH)–C–C–N with tert-alkyl or cyclic N) is 1. The number of amides is 2. The van der Waals surface area contributed by atoms with Gasteiger partial charge in [0.2, 0.25) is 0 Å². The summed E-state index contributed by atoms with van der Waals surface area (Å²) in [5.74, 6) is 0.495. The Labute approximate surface area is 117 Å². The number of ether oxygens (including phenoxy) is 1. The lowest BCUT2D eigenvalue weighted by Gasteiger charge is -2.30. The molecule has 1 aromatic carbocycles. The van der Waals surface area contributed by atoms with Gasteiger partial charge in [-0.05, 0) is 31.0 Å². The zero-order chi connectivity index (χ0) is 14.5. The van der Waals surface area contributed by atoms with Crippen LogP contribution in [-0.2, 0) is 0 Å². The maximum absolute atomic E-state index is 12.1. The fourth-order valence-electron chi connectivity index (χ4n) is 2.21. The molecule has 0 bridgehead atoms. The first kappa shape index (κ1) is 14.2. The second-order valence-electron chi connectivity index (χ2n) is 4.70. The summed E-state index contributed by atoms with van der Waals surface area (Å²) in [6, 6.07) is 6.55. The molecule has 1 atom stereocenters. The summed E-state index contributed by atoms with van der Waals surface area (Å²) in [4.78, 5) is 13.7. The number of benzene rings is 1. The number of carbonyl (C=O) groups excluding carboxylic acids is 1. The molecule has 0 saturated carbocycles. The molecule has 2 N–H and O–H groups in total. The third-order valence-electron chi connectivity index (χ3n) is 3.25. The predicted molar refractivity (Wildman–Crippen MR) is 73.5 cm³/mol. The Morgan fingerprint density at radius 2 is 2.40 bits per heavy atom. The first-order chi connectivity index (χ1) is 9.63. The molecule has 0 aliphatic carbocycles. The Morgan fingerprint density at radius 3 is 3.05 bits per heavy atom. The molecule has 2 amide bonds. The van der Waals surface area contributed by atoms with Gasteiger partial charge in [-0.1, -0.05) is 0 Å². The van der Waals surface area contributed by atoms with Crippen molar-refractivity contribution in [3.63, 3.8) is 0 Å². The van der Waals surface area contributed by atoms with Gasteiger partial charge >= 0.3 is 6.03 Å². The largest absolute Gasteiger partial charge is 0.495 e. The summed E-state index contributed by atoms with van der Waals surface area (Å²) in [5.41, 5.74) is 0.899. The molecule has 1 aromatic rings. The number of nitriles is 1. The van der Waals surface area contributed by atoms with Crippen molar-refractivity contribution >= 4 is 11.7 Å². The molecule has 20 heavy (non-hydrogen) atoms. The van der Waals surface area contributed by atoms with Gasteiger partial charge in [-0.25, -0.2) is 4.79 Å². The molecule has 0 radical (unpaired) electrons. The number of likely N-dealkylation sites (tertiary alicyclic amines) is 1. The highest BCUT2D eigenvalue weighted by molar-refractivity contribution is 5.91. The fourth-order valence-corrected chi connectivity index (χ4v) is 2.21. The molecule has 6 nitrogen and oxygen atoms in total. The van der Waals surface area contributed by atoms with Crippen LogP contribution in [-0.4, -0.2) is 42.3 Å². The van der Waals surface area contributed by atoms with Crippen molar-refractivity contribution < 1.29 is 14.6 Å². The average molecular weight is 275 g/mol. The van der Waals surface area contributed by atoms with Gasteiger partial charge in [0.15, 0.2) is 0 Å². The van der Waals surface area contributed by atoms with E-state index in [2.05, 4.69) is 5.32 Å². The van der Waals surface area contributed by atoms with Crippen LogP contribution in [0.4, 0.5) is 10.5 Å². The van der Waals surface area contributed by atoms with E-state index in [1.54, 1.807) is 23.1 Å². The Morgan fingerprint density at radius 1 is 1.60 bits per heavy atom. The lowest BCUT2D eigenvalue weighted by molar-refractivity contribution is 0.0883. The van der Waals surface area contributed by atoms with E-state index in [1.165, 1.54) is 7.11 Å². The second kappa shape index (κ2) is 6.26. The maximum Gasteiger partial charge on any atom is 0.322 e. The summed E-state index contributed by atoms with van der Waals surface area (Å²) >= 11 is 0. The minimum atomic E-state index is -0.471. The maximum atomic E-state index is 12.1. The number of nitrogens with one attached hydrogen (secondary N) is 1. The van der Waals surface area contributed by atoms with Gasteiger partial charge < -0.3 is 20.1 Å². The molecule has 6 heteroatoms. The van der Waals surface area contributed by atoms with E-state index in [4.69, 9.17) is 10.00 Å². The molecule has 0 spiro atoms. The van der Waals surface area contributed by atoms with Crippen molar-refractivity contribution in [2.75, 3.05) is 25.5 Å². The highest BCUT2D eigenvalue weighted by Crippen LogP contribution is 2.26. The van der Waals surface area contributed by atoms with Crippen LogP contribution in [0.25, 0.3) is 0 Å². The van der Waals surface area contributed by atoms with Gasteiger partial charge in [0.1, 0.15) is 5.75 Å². The smallest absolute Gasteiger partial charge is 0.322 e. The number of carbonyl (C=O) groups is 1. The molecule has 1 saturated heterocycles. The Balaban J connectivity index is 2.12. The van der Waals surface area contributed by atoms with Gasteiger partial charge in [-0.3, -0.25) is 0 Å². The molecular weight excluding hydrogens is 258 g/mol. The second-order valence-corrected chi connectivity index (χ2v) is 4.70. The lowest BCUT2D eigenvalue weighted by Crippen LogP contribution is -2.44. The molecule has 1 aliphatic heterocycles. The van der Waals surface area contributed by atoms with E-state index in [0.717, 1.165) is 12.8 Å². The molecule has 1 fully saturated rings. The number of aliphatic hydroxyl groups is 1. The summed E-state index contributed by atoms with van der Waals surface area (Å²) in [5, 5.41) is 21.2. The predicted octanol–water partition coefficient (Wildman–Crippen LogP) is 1.56. The monoisotopic (exact) mass is 275 g/mol. The van der Waals surface area contributed by atoms with Crippen LogP contribution in [0, 0.1) is 11.3 Å². The van der Waals surface area contributed by atoms with E-state index in [1.807, 2.05) is 6.07 Å². The SMILES string of the molecule is COc1ccc(C#N)cc1NC(=O)N1CCCC(O)C1. The van der Waals surface area contributed by atoms with E-state index >= 15 is 0 Å². The van der Waals surface area contributed by atoms with Gasteiger partial charge in [0, 0.05) is 13.1 Å². The van der Waals surface area contributed by atoms with Crippen LogP contribution in [0.1, 0.15) is 18.4 Å². The van der Waals surface area contributed by atoms with Gasteiger partial charge in [-0.15, -0.1) is 0 Å². The van der Waals surface area contributed by atoms with Gasteiger partial charge in [-0.2, -0.15) is 5.26 Å². The van der Waals surface area contributed by atoms with Crippen LogP contribution in [0.3, 0.4) is 0 Å². The molecule has 0 aromatic heterocycles. The Hall–Kier alpha value is -2.26. The number of hydrogen-bond donors (Lipinski definition) is 2. The molecule has 1 heterocycles. The van der Waals surface area contributed by atoms with E-state index in [0.29, 0.717) is 30.1 Å². The summed E-state index contributed by atoms with van der Waals surface area (Å²) < 4.78 is 5.16. The Kier molecular flexibility index (Phi) is 4.43. The highest BCUT2D eigenvalue weighted by Gasteiger charge is 2.22. The van der Waals surface area contributed by atoms with Crippen LogP contribution in [0.15, 0.2) is 18.2 Å². The van der Waals surface area contributed by atoms with Crippen molar-refractivity contribution in [3.05, 3.63) is 23.8 Å². The fraction of sp³-hybridized carbons (Fsp3) is 0.429. The number of anilines is 1. The van der Waals surface area contributed by atoms with Crippen LogP contribution >= 0.6 is 0 Å². The number of piperidine rings is 1. The van der Waals surface area contributed by atoms with Crippen LogP contribution in [0.2, 0.25) is 0 Å². The highest BCUT2D eigenvalue weighted by atomic mass is 16.5. The standard InChI is InChI=1S/C14H17N3O3/c1-20-13-5-4-10(8-15)7-12(13)16-14(19)17-6-2-3-11(18)9-17/h4-5,7,11,18H,2-3,6,9H2,1H3,(H,16,19). The molecular formula is C14H17N3O3. The van der Waals surface area contributed by atoms with Crippen LogP contribution in [0.5, 0.6) is 5.75 Å². The van der Waals surface area contributed by atoms with E-state index < -0.39 is 6.10 Å². The Bertz CT molecular complexity index is 539. The zero-order valence-electron chi connectivity index (χ0n) is 11.3. The lowest BCUT2D eigenvalue weighted by atomic mass is 10.1. The number of rotatable bonds is 2. The number of hydrogen-bond acceptors (Lipinski definition) is 4. The minimum Gasteiger partial charge on any atom is -0.495 e. The van der Waals surface area contributed by atoms with Crippen molar-refractivity contribution in [3.8, 4) is 11.8 Å². The normalized spacial score (nSPS) is 18.2. The minimum absolute atomic E-state index is 0.294. The molecule has 2 rings (SSSR count). The van der Waals surface area contributed by atoms with Crippen molar-refractivity contribution in [1.29, 1.82) is 5.26 Å². The van der Waals surface area contributed by atoms with E-state index in [9.17, 15) is 9.90 Å². The molecule has 1 unspecified atom stereocenters. The summed E-state index contributed by atoms with van der Waals surface area (Å²) in [6.07, 6.45) is 1.03. The number of methoxy groups -OCH3 is 1. The molecule has 1 aliphatic rings. The van der Waals surface area contributed by atoms with Crippen LogP contribution < -0.4 is 10.1 Å². The topological polar surface area (TPSA) is 85.6 Å². The van der Waals surface area contributed by atoms with Crippen molar-refractivity contribution in [1.82, 2.24) is 4.90 Å². The number of nitrogens with zero attached hydrogens (tertiary/aromatic N) is 2. The zero-order valence-corrected chi connectivity index (χ0v) is 11.3. The summed E-state index contributed by atoms with van der Waals surface area (Å²) in [6.45, 7) is 0.940. The van der Waals surface area contributed by atoms with Crippen molar-refractivity contribution in [2.45, 2.75) is 18.9 Å². The molecule has 106 valence electrons. The van der Waals surface area contributed by atoms with Gasteiger partial charge in [0.05, 0.1) is 30.5 Å². The van der Waals surface area contributed by atoms with E-state index in [-0.39, 0.29) is 6.03 Å². The average Bonchev–Trinajstić information content (AvgIpc) is 2.47. The first-order valence-corrected chi connectivity index (χ1v) is 6.46. The third-order valence-corrected chi connectivity index (χ3v) is 3.25.